The molecule has 0 spiro atoms. The van der Waals surface area contributed by atoms with E-state index in [0.29, 0.717) is 0 Å². The molecule has 0 saturated heterocycles. The van der Waals surface area contributed by atoms with Crippen LogP contribution in [0.4, 0.5) is 5.82 Å². The standard InChI is InChI=1S/C12H21N3S/c1-5-9(3)8-16-12-7-11(13-6-2)14-10(4)15-12/h7,9H,5-6,8H2,1-4H3,(H,13,14,15). The molecule has 1 rings (SSSR count). The van der Waals surface area contributed by atoms with Gasteiger partial charge in [0.25, 0.3) is 0 Å². The maximum atomic E-state index is 4.43. The lowest BCUT2D eigenvalue weighted by Gasteiger charge is -2.09. The van der Waals surface area contributed by atoms with Gasteiger partial charge in [-0.15, -0.1) is 11.8 Å². The third-order valence-corrected chi connectivity index (χ3v) is 3.63. The van der Waals surface area contributed by atoms with Crippen LogP contribution in [0.25, 0.3) is 0 Å². The Morgan fingerprint density at radius 1 is 1.38 bits per heavy atom. The van der Waals surface area contributed by atoms with E-state index in [4.69, 9.17) is 0 Å². The Morgan fingerprint density at radius 3 is 2.75 bits per heavy atom. The van der Waals surface area contributed by atoms with Crippen LogP contribution < -0.4 is 5.32 Å². The van der Waals surface area contributed by atoms with E-state index >= 15 is 0 Å². The van der Waals surface area contributed by atoms with E-state index in [2.05, 4.69) is 36.1 Å². The lowest BCUT2D eigenvalue weighted by molar-refractivity contribution is 0.636. The van der Waals surface area contributed by atoms with E-state index in [1.54, 1.807) is 0 Å². The van der Waals surface area contributed by atoms with Crippen molar-refractivity contribution in [2.45, 2.75) is 39.1 Å². The van der Waals surface area contributed by atoms with Crippen LogP contribution in [0.2, 0.25) is 0 Å². The van der Waals surface area contributed by atoms with Crippen molar-refractivity contribution in [2.24, 2.45) is 5.92 Å². The number of aryl methyl sites for hydroxylation is 1. The Hall–Kier alpha value is -0.770. The molecule has 3 nitrogen and oxygen atoms in total. The van der Waals surface area contributed by atoms with Crippen LogP contribution in [0.5, 0.6) is 0 Å². The van der Waals surface area contributed by atoms with Gasteiger partial charge in [-0.1, -0.05) is 20.3 Å². The fourth-order valence-corrected chi connectivity index (χ4v) is 2.31. The second-order valence-corrected chi connectivity index (χ2v) is 5.03. The molecule has 0 saturated carbocycles. The van der Waals surface area contributed by atoms with Gasteiger partial charge in [0.2, 0.25) is 0 Å². The minimum absolute atomic E-state index is 0.739. The number of hydrogen-bond acceptors (Lipinski definition) is 4. The second kappa shape index (κ2) is 6.74. The normalized spacial score (nSPS) is 12.5. The molecule has 0 fully saturated rings. The van der Waals surface area contributed by atoms with Crippen LogP contribution in [0.15, 0.2) is 11.1 Å². The first-order valence-corrected chi connectivity index (χ1v) is 6.86. The fourth-order valence-electron chi connectivity index (χ4n) is 1.23. The molecule has 0 aliphatic carbocycles. The van der Waals surface area contributed by atoms with Crippen molar-refractivity contribution >= 4 is 17.6 Å². The molecule has 0 aliphatic rings. The van der Waals surface area contributed by atoms with Gasteiger partial charge < -0.3 is 5.32 Å². The van der Waals surface area contributed by atoms with Crippen LogP contribution >= 0.6 is 11.8 Å². The zero-order valence-corrected chi connectivity index (χ0v) is 11.4. The predicted molar refractivity (Wildman–Crippen MR) is 71.1 cm³/mol. The monoisotopic (exact) mass is 239 g/mol. The average molecular weight is 239 g/mol. The topological polar surface area (TPSA) is 37.8 Å². The first-order chi connectivity index (χ1) is 7.65. The first kappa shape index (κ1) is 13.3. The van der Waals surface area contributed by atoms with Gasteiger partial charge >= 0.3 is 0 Å². The zero-order chi connectivity index (χ0) is 12.0. The van der Waals surface area contributed by atoms with Gasteiger partial charge in [0.15, 0.2) is 0 Å². The summed E-state index contributed by atoms with van der Waals surface area (Å²) in [6.45, 7) is 9.40. The number of anilines is 1. The number of thioether (sulfide) groups is 1. The molecule has 1 N–H and O–H groups in total. The van der Waals surface area contributed by atoms with Gasteiger partial charge in [0, 0.05) is 18.4 Å². The van der Waals surface area contributed by atoms with Crippen molar-refractivity contribution in [1.82, 2.24) is 9.97 Å². The SMILES string of the molecule is CCNc1cc(SCC(C)CC)nc(C)n1. The number of nitrogens with zero attached hydrogens (tertiary/aromatic N) is 2. The molecule has 0 bridgehead atoms. The van der Waals surface area contributed by atoms with Crippen LogP contribution in [0, 0.1) is 12.8 Å². The van der Waals surface area contributed by atoms with Gasteiger partial charge in [-0.2, -0.15) is 0 Å². The maximum absolute atomic E-state index is 4.43. The summed E-state index contributed by atoms with van der Waals surface area (Å²) in [5.74, 6) is 3.63. The number of nitrogens with one attached hydrogen (secondary N) is 1. The van der Waals surface area contributed by atoms with Crippen molar-refractivity contribution in [1.29, 1.82) is 0 Å². The lowest BCUT2D eigenvalue weighted by atomic mass is 10.2. The molecule has 0 amide bonds. The van der Waals surface area contributed by atoms with Crippen molar-refractivity contribution in [3.63, 3.8) is 0 Å². The molecule has 1 unspecified atom stereocenters. The second-order valence-electron chi connectivity index (χ2n) is 3.99. The summed E-state index contributed by atoms with van der Waals surface area (Å²) in [4.78, 5) is 8.77. The number of aromatic nitrogens is 2. The molecule has 16 heavy (non-hydrogen) atoms. The summed E-state index contributed by atoms with van der Waals surface area (Å²) < 4.78 is 0. The molecular weight excluding hydrogens is 218 g/mol. The van der Waals surface area contributed by atoms with Crippen molar-refractivity contribution in [2.75, 3.05) is 17.6 Å². The van der Waals surface area contributed by atoms with E-state index in [1.807, 2.05) is 24.8 Å². The van der Waals surface area contributed by atoms with E-state index in [9.17, 15) is 0 Å². The minimum Gasteiger partial charge on any atom is -0.370 e. The first-order valence-electron chi connectivity index (χ1n) is 5.88. The highest BCUT2D eigenvalue weighted by Gasteiger charge is 2.04. The molecule has 90 valence electrons. The molecule has 0 aliphatic heterocycles. The Morgan fingerprint density at radius 2 is 2.12 bits per heavy atom. The Bertz CT molecular complexity index is 328. The van der Waals surface area contributed by atoms with Crippen molar-refractivity contribution in [3.8, 4) is 0 Å². The highest BCUT2D eigenvalue weighted by Crippen LogP contribution is 2.22. The van der Waals surface area contributed by atoms with Gasteiger partial charge in [0.1, 0.15) is 16.7 Å². The van der Waals surface area contributed by atoms with Crippen LogP contribution in [-0.2, 0) is 0 Å². The summed E-state index contributed by atoms with van der Waals surface area (Å²) in [6.07, 6.45) is 1.22. The third-order valence-electron chi connectivity index (χ3n) is 2.38. The van der Waals surface area contributed by atoms with E-state index in [1.165, 1.54) is 6.42 Å². The van der Waals surface area contributed by atoms with Crippen molar-refractivity contribution < 1.29 is 0 Å². The number of hydrogen-bond donors (Lipinski definition) is 1. The smallest absolute Gasteiger partial charge is 0.130 e. The highest BCUT2D eigenvalue weighted by atomic mass is 32.2. The zero-order valence-electron chi connectivity index (χ0n) is 10.6. The fraction of sp³-hybridized carbons (Fsp3) is 0.667. The van der Waals surface area contributed by atoms with Crippen LogP contribution in [-0.4, -0.2) is 22.3 Å². The van der Waals surface area contributed by atoms with E-state index in [0.717, 1.165) is 34.9 Å². The Balaban J connectivity index is 2.64. The largest absolute Gasteiger partial charge is 0.370 e. The summed E-state index contributed by atoms with van der Waals surface area (Å²) >= 11 is 1.82. The average Bonchev–Trinajstić information content (AvgIpc) is 2.25. The van der Waals surface area contributed by atoms with Gasteiger partial charge in [0.05, 0.1) is 0 Å². The van der Waals surface area contributed by atoms with Gasteiger partial charge in [-0.3, -0.25) is 0 Å². The Labute approximate surface area is 102 Å². The third kappa shape index (κ3) is 4.39. The molecule has 0 aromatic carbocycles. The minimum atomic E-state index is 0.739. The summed E-state index contributed by atoms with van der Waals surface area (Å²) in [6, 6.07) is 2.03. The molecule has 1 heterocycles. The highest BCUT2D eigenvalue weighted by molar-refractivity contribution is 7.99. The molecule has 1 atom stereocenters. The quantitative estimate of drug-likeness (QED) is 0.610. The summed E-state index contributed by atoms with van der Waals surface area (Å²) in [5, 5.41) is 4.30. The van der Waals surface area contributed by atoms with Crippen LogP contribution in [0.1, 0.15) is 33.0 Å². The van der Waals surface area contributed by atoms with Crippen molar-refractivity contribution in [3.05, 3.63) is 11.9 Å². The molecular formula is C12H21N3S. The van der Waals surface area contributed by atoms with E-state index < -0.39 is 0 Å². The Kier molecular flexibility index (Phi) is 5.60. The molecule has 0 radical (unpaired) electrons. The molecule has 4 heteroatoms. The maximum Gasteiger partial charge on any atom is 0.130 e. The molecule has 1 aromatic heterocycles. The number of rotatable bonds is 6. The lowest BCUT2D eigenvalue weighted by Crippen LogP contribution is -2.03. The van der Waals surface area contributed by atoms with Gasteiger partial charge in [-0.05, 0) is 19.8 Å². The van der Waals surface area contributed by atoms with Crippen LogP contribution in [0.3, 0.4) is 0 Å². The summed E-state index contributed by atoms with van der Waals surface area (Å²) in [5.41, 5.74) is 0. The molecule has 1 aromatic rings. The summed E-state index contributed by atoms with van der Waals surface area (Å²) in [7, 11) is 0. The van der Waals surface area contributed by atoms with E-state index in [-0.39, 0.29) is 0 Å². The van der Waals surface area contributed by atoms with Gasteiger partial charge in [-0.25, -0.2) is 9.97 Å². The predicted octanol–water partition coefficient (Wildman–Crippen LogP) is 3.36.